The summed E-state index contributed by atoms with van der Waals surface area (Å²) >= 11 is 0. The molecule has 1 unspecified atom stereocenters. The predicted octanol–water partition coefficient (Wildman–Crippen LogP) is 3.36. The molecule has 0 aliphatic rings. The molecule has 0 saturated heterocycles. The van der Waals surface area contributed by atoms with Crippen LogP contribution in [0.15, 0.2) is 0 Å². The molecule has 0 bridgehead atoms. The molecule has 0 aromatic heterocycles. The molecule has 0 rings (SSSR count). The molecular weight excluding hydrogens is 204 g/mol. The van der Waals surface area contributed by atoms with E-state index in [1.807, 2.05) is 6.92 Å². The minimum absolute atomic E-state index is 0.825. The SMILES string of the molecule is CCCC[SiH](CCC)OCCCOCC. The Morgan fingerprint density at radius 2 is 1.67 bits per heavy atom. The van der Waals surface area contributed by atoms with Gasteiger partial charge in [-0.25, -0.2) is 0 Å². The summed E-state index contributed by atoms with van der Waals surface area (Å²) in [5.74, 6) is 0. The highest BCUT2D eigenvalue weighted by molar-refractivity contribution is 6.51. The van der Waals surface area contributed by atoms with Gasteiger partial charge in [0.15, 0.2) is 9.04 Å². The van der Waals surface area contributed by atoms with E-state index < -0.39 is 9.04 Å². The van der Waals surface area contributed by atoms with Gasteiger partial charge in [0, 0.05) is 19.8 Å². The zero-order valence-corrected chi connectivity index (χ0v) is 11.9. The van der Waals surface area contributed by atoms with Crippen molar-refractivity contribution in [2.75, 3.05) is 19.8 Å². The number of hydrogen-bond acceptors (Lipinski definition) is 2. The molecular formula is C12H28O2Si. The van der Waals surface area contributed by atoms with Gasteiger partial charge < -0.3 is 9.16 Å². The number of rotatable bonds is 11. The molecule has 15 heavy (non-hydrogen) atoms. The van der Waals surface area contributed by atoms with Crippen LogP contribution in [0, 0.1) is 0 Å². The van der Waals surface area contributed by atoms with E-state index >= 15 is 0 Å². The van der Waals surface area contributed by atoms with E-state index in [-0.39, 0.29) is 0 Å². The third-order valence-electron chi connectivity index (χ3n) is 2.48. The van der Waals surface area contributed by atoms with Crippen molar-refractivity contribution in [1.82, 2.24) is 0 Å². The van der Waals surface area contributed by atoms with Crippen LogP contribution in [0.4, 0.5) is 0 Å². The highest BCUT2D eigenvalue weighted by Crippen LogP contribution is 2.09. The Labute approximate surface area is 97.1 Å². The maximum absolute atomic E-state index is 5.99. The lowest BCUT2D eigenvalue weighted by molar-refractivity contribution is 0.130. The van der Waals surface area contributed by atoms with E-state index in [0.717, 1.165) is 26.2 Å². The molecule has 0 aromatic rings. The van der Waals surface area contributed by atoms with Gasteiger partial charge >= 0.3 is 0 Å². The summed E-state index contributed by atoms with van der Waals surface area (Å²) in [5.41, 5.74) is 0. The molecule has 0 aliphatic heterocycles. The molecule has 1 atom stereocenters. The van der Waals surface area contributed by atoms with Crippen LogP contribution in [-0.4, -0.2) is 28.9 Å². The van der Waals surface area contributed by atoms with Crippen LogP contribution in [0.3, 0.4) is 0 Å². The highest BCUT2D eigenvalue weighted by atomic mass is 28.3. The zero-order chi connectivity index (χ0) is 11.4. The predicted molar refractivity (Wildman–Crippen MR) is 69.0 cm³/mol. The lowest BCUT2D eigenvalue weighted by Crippen LogP contribution is -2.18. The van der Waals surface area contributed by atoms with Gasteiger partial charge in [0.2, 0.25) is 0 Å². The van der Waals surface area contributed by atoms with Crippen molar-refractivity contribution in [3.05, 3.63) is 0 Å². The molecule has 0 spiro atoms. The molecule has 0 aliphatic carbocycles. The first-order chi connectivity index (χ1) is 7.35. The van der Waals surface area contributed by atoms with Gasteiger partial charge in [-0.05, 0) is 25.4 Å². The molecule has 3 heteroatoms. The van der Waals surface area contributed by atoms with Crippen LogP contribution in [0.25, 0.3) is 0 Å². The smallest absolute Gasteiger partial charge is 0.176 e. The van der Waals surface area contributed by atoms with E-state index in [4.69, 9.17) is 9.16 Å². The first-order valence-electron chi connectivity index (χ1n) is 6.54. The van der Waals surface area contributed by atoms with Gasteiger partial charge in [0.1, 0.15) is 0 Å². The largest absolute Gasteiger partial charge is 0.420 e. The highest BCUT2D eigenvalue weighted by Gasteiger charge is 2.09. The van der Waals surface area contributed by atoms with Crippen LogP contribution >= 0.6 is 0 Å². The van der Waals surface area contributed by atoms with Gasteiger partial charge in [-0.2, -0.15) is 0 Å². The summed E-state index contributed by atoms with van der Waals surface area (Å²) in [7, 11) is -0.859. The van der Waals surface area contributed by atoms with E-state index in [1.165, 1.54) is 31.4 Å². The molecule has 0 heterocycles. The maximum Gasteiger partial charge on any atom is 0.176 e. The Bertz CT molecular complexity index is 120. The quantitative estimate of drug-likeness (QED) is 0.402. The number of unbranched alkanes of at least 4 members (excludes halogenated alkanes) is 1. The van der Waals surface area contributed by atoms with Crippen LogP contribution in [0.2, 0.25) is 12.1 Å². The molecule has 0 fully saturated rings. The van der Waals surface area contributed by atoms with E-state index in [1.54, 1.807) is 0 Å². The summed E-state index contributed by atoms with van der Waals surface area (Å²) in [6.07, 6.45) is 5.00. The van der Waals surface area contributed by atoms with Gasteiger partial charge in [-0.3, -0.25) is 0 Å². The monoisotopic (exact) mass is 232 g/mol. The summed E-state index contributed by atoms with van der Waals surface area (Å²) in [6, 6.07) is 2.70. The Morgan fingerprint density at radius 1 is 0.867 bits per heavy atom. The minimum Gasteiger partial charge on any atom is -0.420 e. The van der Waals surface area contributed by atoms with Gasteiger partial charge in [-0.1, -0.05) is 33.1 Å². The summed E-state index contributed by atoms with van der Waals surface area (Å²) in [6.45, 7) is 9.16. The zero-order valence-electron chi connectivity index (χ0n) is 10.8. The normalized spacial score (nSPS) is 13.0. The van der Waals surface area contributed by atoms with Crippen LogP contribution in [-0.2, 0) is 9.16 Å². The molecule has 92 valence electrons. The number of ether oxygens (including phenoxy) is 1. The van der Waals surface area contributed by atoms with Crippen molar-refractivity contribution in [1.29, 1.82) is 0 Å². The van der Waals surface area contributed by atoms with Crippen molar-refractivity contribution in [2.45, 2.75) is 58.5 Å². The fourth-order valence-electron chi connectivity index (χ4n) is 1.62. The van der Waals surface area contributed by atoms with Gasteiger partial charge in [-0.15, -0.1) is 0 Å². The summed E-state index contributed by atoms with van der Waals surface area (Å²) in [4.78, 5) is 0. The topological polar surface area (TPSA) is 18.5 Å². The molecule has 2 nitrogen and oxygen atoms in total. The summed E-state index contributed by atoms with van der Waals surface area (Å²) < 4.78 is 11.3. The Morgan fingerprint density at radius 3 is 2.27 bits per heavy atom. The average molecular weight is 232 g/mol. The molecule has 0 aromatic carbocycles. The third kappa shape index (κ3) is 10.4. The van der Waals surface area contributed by atoms with Gasteiger partial charge in [0.05, 0.1) is 0 Å². The first-order valence-corrected chi connectivity index (χ1v) is 8.64. The van der Waals surface area contributed by atoms with Crippen LogP contribution in [0.5, 0.6) is 0 Å². The third-order valence-corrected chi connectivity index (χ3v) is 5.46. The van der Waals surface area contributed by atoms with Crippen molar-refractivity contribution in [2.24, 2.45) is 0 Å². The lowest BCUT2D eigenvalue weighted by atomic mass is 10.4. The van der Waals surface area contributed by atoms with Crippen LogP contribution in [0.1, 0.15) is 46.5 Å². The maximum atomic E-state index is 5.99. The van der Waals surface area contributed by atoms with E-state index in [9.17, 15) is 0 Å². The Hall–Kier alpha value is 0.137. The lowest BCUT2D eigenvalue weighted by Gasteiger charge is -2.15. The second kappa shape index (κ2) is 12.2. The standard InChI is InChI=1S/C12H28O2Si/c1-4-7-12-15(11-5-2)14-10-8-9-13-6-3/h15H,4-12H2,1-3H3. The molecule has 0 radical (unpaired) electrons. The molecule has 0 N–H and O–H groups in total. The Kier molecular flexibility index (Phi) is 12.3. The van der Waals surface area contributed by atoms with E-state index in [2.05, 4.69) is 13.8 Å². The second-order valence-corrected chi connectivity index (χ2v) is 6.71. The molecule has 0 amide bonds. The van der Waals surface area contributed by atoms with Crippen molar-refractivity contribution >= 4 is 9.04 Å². The fourth-order valence-corrected chi connectivity index (χ4v) is 4.25. The first kappa shape index (κ1) is 15.1. The van der Waals surface area contributed by atoms with E-state index in [0.29, 0.717) is 0 Å². The second-order valence-electron chi connectivity index (χ2n) is 3.97. The number of hydrogen-bond donors (Lipinski definition) is 0. The summed E-state index contributed by atoms with van der Waals surface area (Å²) in [5, 5.41) is 0. The van der Waals surface area contributed by atoms with Gasteiger partial charge in [0.25, 0.3) is 0 Å². The Balaban J connectivity index is 3.38. The fraction of sp³-hybridized carbons (Fsp3) is 1.00. The minimum atomic E-state index is -0.859. The molecule has 0 saturated carbocycles. The van der Waals surface area contributed by atoms with Crippen LogP contribution < -0.4 is 0 Å². The van der Waals surface area contributed by atoms with Crippen molar-refractivity contribution < 1.29 is 9.16 Å². The van der Waals surface area contributed by atoms with Crippen molar-refractivity contribution in [3.63, 3.8) is 0 Å². The average Bonchev–Trinajstić information content (AvgIpc) is 2.25. The van der Waals surface area contributed by atoms with Crippen molar-refractivity contribution in [3.8, 4) is 0 Å².